The number of piperidine rings is 1. The molecule has 1 aliphatic rings. The Bertz CT molecular complexity index is 921. The van der Waals surface area contributed by atoms with E-state index >= 15 is 0 Å². The first kappa shape index (κ1) is 21.2. The van der Waals surface area contributed by atoms with Gasteiger partial charge in [0.1, 0.15) is 5.75 Å². The number of anilines is 2. The molecule has 5 N–H and O–H groups in total. The Morgan fingerprint density at radius 1 is 0.967 bits per heavy atom. The van der Waals surface area contributed by atoms with Crippen molar-refractivity contribution in [2.75, 3.05) is 29.9 Å². The highest BCUT2D eigenvalue weighted by Crippen LogP contribution is 2.29. The number of hydrogen-bond acceptors (Lipinski definition) is 5. The number of ether oxygens (including phenoxy) is 1. The van der Waals surface area contributed by atoms with Crippen LogP contribution in [0.5, 0.6) is 5.75 Å². The lowest BCUT2D eigenvalue weighted by molar-refractivity contribution is -0.118. The van der Waals surface area contributed by atoms with Crippen LogP contribution in [-0.2, 0) is 16.0 Å². The van der Waals surface area contributed by atoms with Crippen LogP contribution in [0.2, 0.25) is 0 Å². The number of nitrogens with two attached hydrogens (primary N) is 2. The fraction of sp³-hybridized carbons (Fsp3) is 0.318. The zero-order valence-corrected chi connectivity index (χ0v) is 16.7. The number of primary amides is 2. The Morgan fingerprint density at radius 3 is 2.30 bits per heavy atom. The summed E-state index contributed by atoms with van der Waals surface area (Å²) in [5.74, 6) is -0.814. The predicted molar refractivity (Wildman–Crippen MR) is 114 cm³/mol. The van der Waals surface area contributed by atoms with Gasteiger partial charge in [0.2, 0.25) is 11.8 Å². The van der Waals surface area contributed by atoms with Crippen LogP contribution in [0.1, 0.15) is 35.2 Å². The highest BCUT2D eigenvalue weighted by atomic mass is 16.5. The monoisotopic (exact) mass is 410 g/mol. The maximum Gasteiger partial charge on any atom is 0.262 e. The van der Waals surface area contributed by atoms with Crippen LogP contribution in [-0.4, -0.2) is 37.4 Å². The zero-order valence-electron chi connectivity index (χ0n) is 16.7. The van der Waals surface area contributed by atoms with Gasteiger partial charge in [-0.25, -0.2) is 0 Å². The summed E-state index contributed by atoms with van der Waals surface area (Å²) in [6.45, 7) is 1.59. The summed E-state index contributed by atoms with van der Waals surface area (Å²) in [5, 5.41) is 2.84. The third-order valence-corrected chi connectivity index (χ3v) is 4.92. The van der Waals surface area contributed by atoms with Gasteiger partial charge in [-0.1, -0.05) is 12.1 Å². The van der Waals surface area contributed by atoms with Crippen LogP contribution < -0.4 is 26.4 Å². The molecule has 0 aliphatic carbocycles. The molecule has 0 atom stereocenters. The fourth-order valence-corrected chi connectivity index (χ4v) is 3.44. The Kier molecular flexibility index (Phi) is 6.90. The molecule has 158 valence electrons. The largest absolute Gasteiger partial charge is 0.484 e. The number of rotatable bonds is 8. The van der Waals surface area contributed by atoms with Gasteiger partial charge < -0.3 is 26.4 Å². The summed E-state index contributed by atoms with van der Waals surface area (Å²) in [6.07, 6.45) is 3.50. The van der Waals surface area contributed by atoms with Crippen LogP contribution in [0.25, 0.3) is 0 Å². The lowest BCUT2D eigenvalue weighted by Crippen LogP contribution is -2.31. The van der Waals surface area contributed by atoms with E-state index in [0.29, 0.717) is 17.0 Å². The van der Waals surface area contributed by atoms with Crippen LogP contribution in [0.15, 0.2) is 42.5 Å². The maximum absolute atomic E-state index is 12.5. The quantitative estimate of drug-likeness (QED) is 0.612. The molecular weight excluding hydrogens is 384 g/mol. The molecule has 8 heteroatoms. The molecule has 3 rings (SSSR count). The first-order valence-electron chi connectivity index (χ1n) is 9.91. The van der Waals surface area contributed by atoms with Crippen LogP contribution in [0, 0.1) is 0 Å². The van der Waals surface area contributed by atoms with Crippen molar-refractivity contribution in [3.8, 4) is 5.75 Å². The van der Waals surface area contributed by atoms with Crippen molar-refractivity contribution in [1.82, 2.24) is 0 Å². The average Bonchev–Trinajstić information content (AvgIpc) is 2.73. The van der Waals surface area contributed by atoms with E-state index in [1.165, 1.54) is 6.42 Å². The van der Waals surface area contributed by atoms with Gasteiger partial charge in [-0.2, -0.15) is 0 Å². The van der Waals surface area contributed by atoms with Gasteiger partial charge >= 0.3 is 0 Å². The Hall–Kier alpha value is -3.55. The van der Waals surface area contributed by atoms with Crippen molar-refractivity contribution in [3.05, 3.63) is 53.6 Å². The Morgan fingerprint density at radius 2 is 1.67 bits per heavy atom. The van der Waals surface area contributed by atoms with E-state index in [-0.39, 0.29) is 18.9 Å². The number of nitrogens with zero attached hydrogens (tertiary/aromatic N) is 1. The number of benzene rings is 2. The highest BCUT2D eigenvalue weighted by Gasteiger charge is 2.17. The molecule has 1 heterocycles. The van der Waals surface area contributed by atoms with Gasteiger partial charge in [0.15, 0.2) is 6.61 Å². The molecule has 0 spiro atoms. The van der Waals surface area contributed by atoms with Crippen molar-refractivity contribution in [1.29, 1.82) is 0 Å². The van der Waals surface area contributed by atoms with Gasteiger partial charge in [0.25, 0.3) is 5.91 Å². The third-order valence-electron chi connectivity index (χ3n) is 4.92. The third kappa shape index (κ3) is 5.73. The maximum atomic E-state index is 12.5. The minimum absolute atomic E-state index is 0.149. The molecule has 0 radical (unpaired) electrons. The van der Waals surface area contributed by atoms with E-state index in [0.717, 1.165) is 37.2 Å². The second kappa shape index (κ2) is 9.78. The van der Waals surface area contributed by atoms with Crippen molar-refractivity contribution in [2.24, 2.45) is 11.5 Å². The first-order chi connectivity index (χ1) is 14.4. The van der Waals surface area contributed by atoms with Gasteiger partial charge in [-0.05, 0) is 55.2 Å². The zero-order chi connectivity index (χ0) is 21.5. The van der Waals surface area contributed by atoms with Gasteiger partial charge in [0, 0.05) is 18.7 Å². The van der Waals surface area contributed by atoms with E-state index < -0.39 is 11.8 Å². The van der Waals surface area contributed by atoms with E-state index in [2.05, 4.69) is 10.2 Å². The van der Waals surface area contributed by atoms with E-state index in [1.807, 2.05) is 6.07 Å². The normalized spacial score (nSPS) is 13.5. The van der Waals surface area contributed by atoms with Crippen LogP contribution >= 0.6 is 0 Å². The van der Waals surface area contributed by atoms with Crippen LogP contribution in [0.4, 0.5) is 11.4 Å². The molecule has 3 amide bonds. The van der Waals surface area contributed by atoms with Gasteiger partial charge in [0.05, 0.1) is 17.8 Å². The van der Waals surface area contributed by atoms with Gasteiger partial charge in [-0.15, -0.1) is 0 Å². The molecular formula is C22H26N4O4. The lowest BCUT2D eigenvalue weighted by Gasteiger charge is -2.30. The molecule has 2 aromatic carbocycles. The Balaban J connectivity index is 1.66. The molecule has 30 heavy (non-hydrogen) atoms. The average molecular weight is 410 g/mol. The smallest absolute Gasteiger partial charge is 0.262 e. The molecule has 1 saturated heterocycles. The Labute approximate surface area is 175 Å². The molecule has 1 fully saturated rings. The minimum Gasteiger partial charge on any atom is -0.484 e. The summed E-state index contributed by atoms with van der Waals surface area (Å²) >= 11 is 0. The second-order valence-electron chi connectivity index (χ2n) is 7.27. The summed E-state index contributed by atoms with van der Waals surface area (Å²) < 4.78 is 5.53. The van der Waals surface area contributed by atoms with Crippen molar-refractivity contribution >= 4 is 29.1 Å². The molecule has 0 saturated carbocycles. The van der Waals surface area contributed by atoms with Crippen molar-refractivity contribution in [3.63, 3.8) is 0 Å². The summed E-state index contributed by atoms with van der Waals surface area (Å²) in [5.41, 5.74) is 13.1. The number of carbonyl (C=O) groups is 3. The van der Waals surface area contributed by atoms with Crippen molar-refractivity contribution < 1.29 is 19.1 Å². The molecule has 0 unspecified atom stereocenters. The van der Waals surface area contributed by atoms with E-state index in [9.17, 15) is 14.4 Å². The predicted octanol–water partition coefficient (Wildman–Crippen LogP) is 1.82. The highest BCUT2D eigenvalue weighted by molar-refractivity contribution is 5.99. The molecule has 0 bridgehead atoms. The summed E-state index contributed by atoms with van der Waals surface area (Å²) in [6, 6.07) is 11.9. The van der Waals surface area contributed by atoms with Crippen LogP contribution in [0.3, 0.4) is 0 Å². The molecule has 1 aliphatic heterocycles. The number of amides is 3. The van der Waals surface area contributed by atoms with E-state index in [1.54, 1.807) is 36.4 Å². The topological polar surface area (TPSA) is 128 Å². The van der Waals surface area contributed by atoms with E-state index in [4.69, 9.17) is 16.2 Å². The standard InChI is InChI=1S/C22H26N4O4/c23-20(27)12-15-4-7-17(8-5-15)30-14-21(28)25-18-13-16(22(24)29)6-9-19(18)26-10-2-1-3-11-26/h4-9,13H,1-3,10-12,14H2,(H2,23,27)(H2,24,29)(H,25,28). The van der Waals surface area contributed by atoms with Gasteiger partial charge in [-0.3, -0.25) is 14.4 Å². The summed E-state index contributed by atoms with van der Waals surface area (Å²) in [4.78, 5) is 37.2. The lowest BCUT2D eigenvalue weighted by atomic mass is 10.1. The SMILES string of the molecule is NC(=O)Cc1ccc(OCC(=O)Nc2cc(C(N)=O)ccc2N2CCCCC2)cc1. The summed E-state index contributed by atoms with van der Waals surface area (Å²) in [7, 11) is 0. The first-order valence-corrected chi connectivity index (χ1v) is 9.91. The number of hydrogen-bond donors (Lipinski definition) is 3. The minimum atomic E-state index is -0.553. The number of nitrogens with one attached hydrogen (secondary N) is 1. The second-order valence-corrected chi connectivity index (χ2v) is 7.27. The number of carbonyl (C=O) groups excluding carboxylic acids is 3. The molecule has 0 aromatic heterocycles. The fourth-order valence-electron chi connectivity index (χ4n) is 3.44. The molecule has 2 aromatic rings. The molecule has 8 nitrogen and oxygen atoms in total. The van der Waals surface area contributed by atoms with Crippen molar-refractivity contribution in [2.45, 2.75) is 25.7 Å².